The van der Waals surface area contributed by atoms with E-state index in [9.17, 15) is 4.79 Å². The third kappa shape index (κ3) is 5.10. The van der Waals surface area contributed by atoms with E-state index in [2.05, 4.69) is 15.0 Å². The lowest BCUT2D eigenvalue weighted by Crippen LogP contribution is -2.34. The Labute approximate surface area is 158 Å². The Bertz CT molecular complexity index is 885. The van der Waals surface area contributed by atoms with Crippen LogP contribution < -0.4 is 4.74 Å². The van der Waals surface area contributed by atoms with E-state index in [4.69, 9.17) is 4.74 Å². The number of benzene rings is 1. The molecule has 0 N–H and O–H groups in total. The first-order valence-corrected chi connectivity index (χ1v) is 8.86. The van der Waals surface area contributed by atoms with E-state index >= 15 is 0 Å². The number of carbonyl (C=O) groups excluding carboxylic acids is 1. The summed E-state index contributed by atoms with van der Waals surface area (Å²) in [5, 5.41) is 0. The number of aromatic nitrogens is 3. The molecule has 3 aromatic rings. The molecule has 138 valence electrons. The zero-order valence-electron chi connectivity index (χ0n) is 15.5. The van der Waals surface area contributed by atoms with Crippen LogP contribution in [0.2, 0.25) is 0 Å². The van der Waals surface area contributed by atoms with E-state index in [1.807, 2.05) is 56.3 Å². The van der Waals surface area contributed by atoms with Gasteiger partial charge in [-0.05, 0) is 31.5 Å². The number of aryl methyl sites for hydroxylation is 1. The molecule has 6 heteroatoms. The van der Waals surface area contributed by atoms with Crippen LogP contribution in [0.5, 0.6) is 5.88 Å². The molecule has 2 aromatic heterocycles. The monoisotopic (exact) mass is 362 g/mol. The first kappa shape index (κ1) is 18.5. The van der Waals surface area contributed by atoms with Crippen molar-refractivity contribution in [3.8, 4) is 17.3 Å². The predicted molar refractivity (Wildman–Crippen MR) is 103 cm³/mol. The summed E-state index contributed by atoms with van der Waals surface area (Å²) in [6.07, 6.45) is 3.38. The lowest BCUT2D eigenvalue weighted by Gasteiger charge is -2.21. The summed E-state index contributed by atoms with van der Waals surface area (Å²) in [5.74, 6) is 0.859. The van der Waals surface area contributed by atoms with Crippen molar-refractivity contribution in [1.82, 2.24) is 19.9 Å². The van der Waals surface area contributed by atoms with Crippen molar-refractivity contribution in [2.24, 2.45) is 0 Å². The first-order chi connectivity index (χ1) is 13.2. The zero-order chi connectivity index (χ0) is 19.1. The Balaban J connectivity index is 1.66. The normalized spacial score (nSPS) is 10.4. The van der Waals surface area contributed by atoms with Crippen LogP contribution in [0, 0.1) is 6.92 Å². The number of carbonyl (C=O) groups is 1. The van der Waals surface area contributed by atoms with Crippen LogP contribution in [-0.2, 0) is 11.3 Å². The Morgan fingerprint density at radius 1 is 1.07 bits per heavy atom. The highest BCUT2D eigenvalue weighted by Crippen LogP contribution is 2.18. The molecule has 0 aliphatic heterocycles. The minimum atomic E-state index is -0.0805. The second kappa shape index (κ2) is 8.89. The van der Waals surface area contributed by atoms with Gasteiger partial charge in [0.2, 0.25) is 5.88 Å². The minimum absolute atomic E-state index is 0.0626. The van der Waals surface area contributed by atoms with Crippen LogP contribution in [0.15, 0.2) is 60.9 Å². The largest absolute Gasteiger partial charge is 0.467 e. The standard InChI is InChI=1S/C21H22N4O2/c1-3-25(14-17-7-5-4-6-8-17)20(26)15-27-19-13-16(2)23-21(24-19)18-9-11-22-12-10-18/h4-13H,3,14-15H2,1-2H3. The molecule has 3 rings (SSSR count). The SMILES string of the molecule is CCN(Cc1ccccc1)C(=O)COc1cc(C)nc(-c2ccncc2)n1. The molecule has 1 aromatic carbocycles. The van der Waals surface area contributed by atoms with Crippen molar-refractivity contribution in [2.45, 2.75) is 20.4 Å². The van der Waals surface area contributed by atoms with E-state index < -0.39 is 0 Å². The smallest absolute Gasteiger partial charge is 0.260 e. The zero-order valence-corrected chi connectivity index (χ0v) is 15.5. The van der Waals surface area contributed by atoms with Gasteiger partial charge >= 0.3 is 0 Å². The maximum absolute atomic E-state index is 12.5. The highest BCUT2D eigenvalue weighted by atomic mass is 16.5. The summed E-state index contributed by atoms with van der Waals surface area (Å²) in [6, 6.07) is 15.3. The third-order valence-electron chi connectivity index (χ3n) is 4.06. The molecule has 0 aliphatic carbocycles. The summed E-state index contributed by atoms with van der Waals surface area (Å²) in [4.78, 5) is 27.1. The quantitative estimate of drug-likeness (QED) is 0.645. The van der Waals surface area contributed by atoms with Crippen LogP contribution in [0.1, 0.15) is 18.2 Å². The summed E-state index contributed by atoms with van der Waals surface area (Å²) in [7, 11) is 0. The van der Waals surface area contributed by atoms with E-state index in [0.717, 1.165) is 16.8 Å². The highest BCUT2D eigenvalue weighted by Gasteiger charge is 2.14. The van der Waals surface area contributed by atoms with Gasteiger partial charge in [0.05, 0.1) is 0 Å². The molecule has 1 amide bonds. The Morgan fingerprint density at radius 2 is 1.81 bits per heavy atom. The predicted octanol–water partition coefficient (Wildman–Crippen LogP) is 3.27. The molecule has 0 atom stereocenters. The third-order valence-corrected chi connectivity index (χ3v) is 4.06. The van der Waals surface area contributed by atoms with Crippen molar-refractivity contribution in [3.05, 3.63) is 72.2 Å². The van der Waals surface area contributed by atoms with E-state index in [1.165, 1.54) is 0 Å². The fourth-order valence-corrected chi connectivity index (χ4v) is 2.65. The fourth-order valence-electron chi connectivity index (χ4n) is 2.65. The van der Waals surface area contributed by atoms with Gasteiger partial charge in [0.25, 0.3) is 5.91 Å². The second-order valence-electron chi connectivity index (χ2n) is 6.09. The van der Waals surface area contributed by atoms with E-state index in [-0.39, 0.29) is 12.5 Å². The van der Waals surface area contributed by atoms with Crippen molar-refractivity contribution in [2.75, 3.05) is 13.2 Å². The molecular weight excluding hydrogens is 340 g/mol. The summed E-state index contributed by atoms with van der Waals surface area (Å²) < 4.78 is 5.67. The number of amides is 1. The average Bonchev–Trinajstić information content (AvgIpc) is 2.71. The van der Waals surface area contributed by atoms with Gasteiger partial charge in [0, 0.05) is 42.8 Å². The molecule has 0 saturated heterocycles. The second-order valence-corrected chi connectivity index (χ2v) is 6.09. The number of rotatable bonds is 7. The molecule has 27 heavy (non-hydrogen) atoms. The van der Waals surface area contributed by atoms with Crippen molar-refractivity contribution >= 4 is 5.91 Å². The molecule has 0 aliphatic rings. The van der Waals surface area contributed by atoms with Gasteiger partial charge in [-0.2, -0.15) is 4.98 Å². The number of pyridine rings is 1. The summed E-state index contributed by atoms with van der Waals surface area (Å²) >= 11 is 0. The Morgan fingerprint density at radius 3 is 2.52 bits per heavy atom. The van der Waals surface area contributed by atoms with Crippen LogP contribution >= 0.6 is 0 Å². The van der Waals surface area contributed by atoms with Gasteiger partial charge < -0.3 is 9.64 Å². The van der Waals surface area contributed by atoms with Crippen LogP contribution in [-0.4, -0.2) is 38.9 Å². The van der Waals surface area contributed by atoms with Crippen molar-refractivity contribution in [1.29, 1.82) is 0 Å². The van der Waals surface area contributed by atoms with Gasteiger partial charge in [-0.3, -0.25) is 9.78 Å². The molecule has 0 saturated carbocycles. The topological polar surface area (TPSA) is 68.2 Å². The Hall–Kier alpha value is -3.28. The van der Waals surface area contributed by atoms with Gasteiger partial charge in [0.1, 0.15) is 0 Å². The number of hydrogen-bond acceptors (Lipinski definition) is 5. The molecule has 0 fully saturated rings. The van der Waals surface area contributed by atoms with Crippen LogP contribution in [0.25, 0.3) is 11.4 Å². The summed E-state index contributed by atoms with van der Waals surface area (Å²) in [6.45, 7) is 4.94. The van der Waals surface area contributed by atoms with Crippen LogP contribution in [0.3, 0.4) is 0 Å². The molecule has 2 heterocycles. The van der Waals surface area contributed by atoms with E-state index in [0.29, 0.717) is 24.8 Å². The van der Waals surface area contributed by atoms with Gasteiger partial charge in [-0.25, -0.2) is 4.98 Å². The van der Waals surface area contributed by atoms with Gasteiger partial charge in [0.15, 0.2) is 12.4 Å². The maximum atomic E-state index is 12.5. The molecule has 0 spiro atoms. The van der Waals surface area contributed by atoms with Crippen molar-refractivity contribution in [3.63, 3.8) is 0 Å². The van der Waals surface area contributed by atoms with Crippen LogP contribution in [0.4, 0.5) is 0 Å². The highest BCUT2D eigenvalue weighted by molar-refractivity contribution is 5.77. The number of ether oxygens (including phenoxy) is 1. The van der Waals surface area contributed by atoms with Gasteiger partial charge in [-0.1, -0.05) is 30.3 Å². The molecular formula is C21H22N4O2. The van der Waals surface area contributed by atoms with Crippen molar-refractivity contribution < 1.29 is 9.53 Å². The lowest BCUT2D eigenvalue weighted by atomic mass is 10.2. The Kier molecular flexibility index (Phi) is 6.10. The number of nitrogens with zero attached hydrogens (tertiary/aromatic N) is 4. The lowest BCUT2D eigenvalue weighted by molar-refractivity contribution is -0.133. The minimum Gasteiger partial charge on any atom is -0.467 e. The number of hydrogen-bond donors (Lipinski definition) is 0. The number of likely N-dealkylation sites (N-methyl/N-ethyl adjacent to an activating group) is 1. The molecule has 6 nitrogen and oxygen atoms in total. The molecule has 0 radical (unpaired) electrons. The maximum Gasteiger partial charge on any atom is 0.260 e. The molecule has 0 bridgehead atoms. The van der Waals surface area contributed by atoms with Gasteiger partial charge in [-0.15, -0.1) is 0 Å². The van der Waals surface area contributed by atoms with E-state index in [1.54, 1.807) is 23.4 Å². The fraction of sp³-hybridized carbons (Fsp3) is 0.238. The first-order valence-electron chi connectivity index (χ1n) is 8.86. The molecule has 0 unspecified atom stereocenters. The average molecular weight is 362 g/mol. The summed E-state index contributed by atoms with van der Waals surface area (Å²) in [5.41, 5.74) is 2.71.